The SMILES string of the molecule is COc1ccc(F)cc1-c1[nH]c2ccc(I)cc2c1CC(=O)O. The molecule has 0 saturated heterocycles. The van der Waals surface area contributed by atoms with Gasteiger partial charge in [-0.05, 0) is 64.6 Å². The van der Waals surface area contributed by atoms with Crippen molar-refractivity contribution in [3.05, 3.63) is 51.3 Å². The number of ether oxygens (including phenoxy) is 1. The molecule has 0 aliphatic heterocycles. The lowest BCUT2D eigenvalue weighted by atomic mass is 10.0. The monoisotopic (exact) mass is 425 g/mol. The molecule has 4 nitrogen and oxygen atoms in total. The van der Waals surface area contributed by atoms with Gasteiger partial charge < -0.3 is 14.8 Å². The molecule has 3 rings (SSSR count). The molecule has 0 bridgehead atoms. The fourth-order valence-electron chi connectivity index (χ4n) is 2.66. The molecule has 23 heavy (non-hydrogen) atoms. The van der Waals surface area contributed by atoms with E-state index in [0.717, 1.165) is 14.5 Å². The van der Waals surface area contributed by atoms with E-state index in [1.165, 1.54) is 25.3 Å². The molecule has 6 heteroatoms. The summed E-state index contributed by atoms with van der Waals surface area (Å²) in [6, 6.07) is 9.92. The lowest BCUT2D eigenvalue weighted by Gasteiger charge is -2.09. The van der Waals surface area contributed by atoms with Crippen molar-refractivity contribution in [2.24, 2.45) is 0 Å². The number of carboxylic acids is 1. The fourth-order valence-corrected chi connectivity index (χ4v) is 3.15. The number of H-pyrrole nitrogens is 1. The molecule has 0 radical (unpaired) electrons. The predicted octanol–water partition coefficient (Wildman–Crippen LogP) is 4.21. The number of carbonyl (C=O) groups is 1. The Bertz CT molecular complexity index is 904. The first-order chi connectivity index (χ1) is 11.0. The molecule has 0 amide bonds. The van der Waals surface area contributed by atoms with E-state index in [2.05, 4.69) is 27.6 Å². The smallest absolute Gasteiger partial charge is 0.307 e. The van der Waals surface area contributed by atoms with Crippen LogP contribution in [0.4, 0.5) is 4.39 Å². The van der Waals surface area contributed by atoms with Crippen LogP contribution in [0.25, 0.3) is 22.2 Å². The van der Waals surface area contributed by atoms with Gasteiger partial charge in [0.15, 0.2) is 0 Å². The van der Waals surface area contributed by atoms with Gasteiger partial charge in [0.05, 0.1) is 19.2 Å². The third-order valence-electron chi connectivity index (χ3n) is 3.63. The van der Waals surface area contributed by atoms with Crippen LogP contribution in [0.5, 0.6) is 5.75 Å². The first-order valence-electron chi connectivity index (χ1n) is 6.85. The summed E-state index contributed by atoms with van der Waals surface area (Å²) in [5.74, 6) is -0.865. The van der Waals surface area contributed by atoms with Crippen molar-refractivity contribution in [1.29, 1.82) is 0 Å². The Morgan fingerprint density at radius 1 is 1.30 bits per heavy atom. The number of nitrogens with one attached hydrogen (secondary N) is 1. The Morgan fingerprint density at radius 2 is 2.09 bits per heavy atom. The van der Waals surface area contributed by atoms with Crippen LogP contribution in [0.3, 0.4) is 0 Å². The molecule has 3 aromatic rings. The molecule has 0 atom stereocenters. The minimum atomic E-state index is -0.943. The summed E-state index contributed by atoms with van der Waals surface area (Å²) in [5, 5.41) is 10.1. The van der Waals surface area contributed by atoms with Gasteiger partial charge in [-0.25, -0.2) is 4.39 Å². The summed E-state index contributed by atoms with van der Waals surface area (Å²) in [5.41, 5.74) is 2.51. The highest BCUT2D eigenvalue weighted by molar-refractivity contribution is 14.1. The van der Waals surface area contributed by atoms with E-state index in [4.69, 9.17) is 4.74 Å². The molecule has 118 valence electrons. The number of methoxy groups -OCH3 is 1. The molecule has 2 N–H and O–H groups in total. The average Bonchev–Trinajstić information content (AvgIpc) is 2.84. The van der Waals surface area contributed by atoms with Crippen LogP contribution in [-0.4, -0.2) is 23.2 Å². The number of carboxylic acid groups (broad SMARTS) is 1. The van der Waals surface area contributed by atoms with Gasteiger partial charge in [-0.15, -0.1) is 0 Å². The number of halogens is 2. The molecule has 0 spiro atoms. The highest BCUT2D eigenvalue weighted by Crippen LogP contribution is 2.37. The Kier molecular flexibility index (Phi) is 4.25. The Balaban J connectivity index is 2.32. The van der Waals surface area contributed by atoms with Crippen molar-refractivity contribution in [2.45, 2.75) is 6.42 Å². The van der Waals surface area contributed by atoms with Gasteiger partial charge in [0.1, 0.15) is 11.6 Å². The summed E-state index contributed by atoms with van der Waals surface area (Å²) in [6.45, 7) is 0. The number of aromatic amines is 1. The molecule has 1 aromatic heterocycles. The van der Waals surface area contributed by atoms with E-state index in [1.54, 1.807) is 0 Å². The van der Waals surface area contributed by atoms with E-state index >= 15 is 0 Å². The highest BCUT2D eigenvalue weighted by atomic mass is 127. The van der Waals surface area contributed by atoms with E-state index in [0.29, 0.717) is 22.6 Å². The number of aliphatic carboxylic acids is 1. The summed E-state index contributed by atoms with van der Waals surface area (Å²) < 4.78 is 20.0. The molecule has 0 aliphatic carbocycles. The number of hydrogen-bond acceptors (Lipinski definition) is 2. The maximum absolute atomic E-state index is 13.7. The van der Waals surface area contributed by atoms with Gasteiger partial charge >= 0.3 is 5.97 Å². The largest absolute Gasteiger partial charge is 0.496 e. The molecule has 0 fully saturated rings. The second kappa shape index (κ2) is 6.19. The van der Waals surface area contributed by atoms with Crippen LogP contribution in [-0.2, 0) is 11.2 Å². The summed E-state index contributed by atoms with van der Waals surface area (Å²) in [7, 11) is 1.50. The molecule has 0 saturated carbocycles. The standard InChI is InChI=1S/C17H13FINO3/c1-23-15-5-2-9(18)6-13(15)17-12(8-16(21)22)11-7-10(19)3-4-14(11)20-17/h2-7,20H,8H2,1H3,(H,21,22). The third-order valence-corrected chi connectivity index (χ3v) is 4.30. The summed E-state index contributed by atoms with van der Waals surface area (Å²) >= 11 is 2.18. The van der Waals surface area contributed by atoms with E-state index in [9.17, 15) is 14.3 Å². The second-order valence-electron chi connectivity index (χ2n) is 5.08. The number of aromatic nitrogens is 1. The van der Waals surface area contributed by atoms with Crippen LogP contribution in [0.2, 0.25) is 0 Å². The molecular formula is C17H13FINO3. The number of benzene rings is 2. The maximum atomic E-state index is 13.7. The molecule has 0 aliphatic rings. The van der Waals surface area contributed by atoms with Gasteiger partial charge in [0.2, 0.25) is 0 Å². The van der Waals surface area contributed by atoms with E-state index < -0.39 is 11.8 Å². The molecule has 0 unspecified atom stereocenters. The van der Waals surface area contributed by atoms with Gasteiger partial charge in [-0.2, -0.15) is 0 Å². The Morgan fingerprint density at radius 3 is 2.78 bits per heavy atom. The minimum absolute atomic E-state index is 0.158. The van der Waals surface area contributed by atoms with Crippen molar-refractivity contribution in [3.8, 4) is 17.0 Å². The van der Waals surface area contributed by atoms with E-state index in [-0.39, 0.29) is 6.42 Å². The topological polar surface area (TPSA) is 62.3 Å². The lowest BCUT2D eigenvalue weighted by Crippen LogP contribution is -2.01. The van der Waals surface area contributed by atoms with Gasteiger partial charge in [-0.3, -0.25) is 4.79 Å². The zero-order valence-electron chi connectivity index (χ0n) is 12.2. The number of hydrogen-bond donors (Lipinski definition) is 2. The first-order valence-corrected chi connectivity index (χ1v) is 7.93. The molecule has 2 aromatic carbocycles. The van der Waals surface area contributed by atoms with Crippen molar-refractivity contribution in [2.75, 3.05) is 7.11 Å². The predicted molar refractivity (Wildman–Crippen MR) is 94.3 cm³/mol. The van der Waals surface area contributed by atoms with E-state index in [1.807, 2.05) is 18.2 Å². The van der Waals surface area contributed by atoms with Gasteiger partial charge in [-0.1, -0.05) is 0 Å². The minimum Gasteiger partial charge on any atom is -0.496 e. The zero-order valence-corrected chi connectivity index (χ0v) is 14.3. The van der Waals surface area contributed by atoms with Crippen molar-refractivity contribution >= 4 is 39.5 Å². The van der Waals surface area contributed by atoms with Gasteiger partial charge in [0.25, 0.3) is 0 Å². The Labute approximate surface area is 145 Å². The highest BCUT2D eigenvalue weighted by Gasteiger charge is 2.19. The number of rotatable bonds is 4. The quantitative estimate of drug-likeness (QED) is 0.616. The van der Waals surface area contributed by atoms with Crippen LogP contribution in [0.1, 0.15) is 5.56 Å². The van der Waals surface area contributed by atoms with Crippen molar-refractivity contribution < 1.29 is 19.0 Å². The van der Waals surface area contributed by atoms with Crippen LogP contribution in [0, 0.1) is 9.39 Å². The fraction of sp³-hybridized carbons (Fsp3) is 0.118. The van der Waals surface area contributed by atoms with Crippen LogP contribution in [0.15, 0.2) is 36.4 Å². The number of fused-ring (bicyclic) bond motifs is 1. The first kappa shape index (κ1) is 15.8. The van der Waals surface area contributed by atoms with Crippen LogP contribution >= 0.6 is 22.6 Å². The lowest BCUT2D eigenvalue weighted by molar-refractivity contribution is -0.136. The van der Waals surface area contributed by atoms with Crippen molar-refractivity contribution in [1.82, 2.24) is 4.98 Å². The van der Waals surface area contributed by atoms with Gasteiger partial charge in [0, 0.05) is 20.0 Å². The molecular weight excluding hydrogens is 412 g/mol. The second-order valence-corrected chi connectivity index (χ2v) is 6.33. The maximum Gasteiger partial charge on any atom is 0.307 e. The molecule has 1 heterocycles. The van der Waals surface area contributed by atoms with Crippen molar-refractivity contribution in [3.63, 3.8) is 0 Å². The average molecular weight is 425 g/mol. The van der Waals surface area contributed by atoms with Crippen LogP contribution < -0.4 is 4.74 Å². The summed E-state index contributed by atoms with van der Waals surface area (Å²) in [4.78, 5) is 14.5. The zero-order chi connectivity index (χ0) is 16.6. The summed E-state index contributed by atoms with van der Waals surface area (Å²) in [6.07, 6.45) is -0.158. The third kappa shape index (κ3) is 3.03. The normalized spacial score (nSPS) is 10.9. The Hall–Kier alpha value is -2.09.